The van der Waals surface area contributed by atoms with Gasteiger partial charge in [-0.05, 0) is 62.3 Å². The molecule has 1 amide bonds. The molecule has 1 N–H and O–H groups in total. The molecule has 2 aromatic carbocycles. The molecule has 1 atom stereocenters. The van der Waals surface area contributed by atoms with Crippen LogP contribution in [0.3, 0.4) is 0 Å². The number of nitrogens with one attached hydrogen (secondary N) is 1. The number of ketones is 1. The summed E-state index contributed by atoms with van der Waals surface area (Å²) >= 11 is 12.1. The fourth-order valence-electron chi connectivity index (χ4n) is 5.16. The van der Waals surface area contributed by atoms with Crippen LogP contribution in [0.15, 0.2) is 54.7 Å². The molecule has 1 saturated heterocycles. The number of rotatable bonds is 6. The Bertz CT molecular complexity index is 1310. The monoisotopic (exact) mass is 527 g/mol. The minimum absolute atomic E-state index is 0.0260. The number of fused-ring (bicyclic) bond motifs is 1. The lowest BCUT2D eigenvalue weighted by Crippen LogP contribution is -2.46. The molecule has 0 radical (unpaired) electrons. The van der Waals surface area contributed by atoms with Crippen LogP contribution in [-0.2, 0) is 17.0 Å². The van der Waals surface area contributed by atoms with Crippen LogP contribution in [-0.4, -0.2) is 41.8 Å². The fourth-order valence-corrected chi connectivity index (χ4v) is 5.39. The third-order valence-corrected chi connectivity index (χ3v) is 7.39. The first-order valence-electron chi connectivity index (χ1n) is 11.7. The SMILES string of the molecule is CO[C@]1(c2ccc(Cl)cc2)c2c(F)cc(C(=O)C3CCNCC3)cc2C(=O)N1Cc1ccc(Cl)cn1. The molecule has 0 aliphatic carbocycles. The lowest BCUT2D eigenvalue weighted by molar-refractivity contribution is -0.0885. The predicted octanol–water partition coefficient (Wildman–Crippen LogP) is 5.21. The molecule has 6 nitrogen and oxygen atoms in total. The van der Waals surface area contributed by atoms with Crippen molar-refractivity contribution in [2.75, 3.05) is 20.2 Å². The number of hydrogen-bond acceptors (Lipinski definition) is 5. The summed E-state index contributed by atoms with van der Waals surface area (Å²) < 4.78 is 22.0. The van der Waals surface area contributed by atoms with E-state index in [0.717, 1.165) is 13.1 Å². The second kappa shape index (κ2) is 9.90. The van der Waals surface area contributed by atoms with Gasteiger partial charge in [0.2, 0.25) is 0 Å². The second-order valence-corrected chi connectivity index (χ2v) is 9.86. The van der Waals surface area contributed by atoms with Crippen molar-refractivity contribution in [3.05, 3.63) is 98.5 Å². The molecule has 2 aliphatic rings. The zero-order valence-corrected chi connectivity index (χ0v) is 21.1. The fraction of sp³-hybridized carbons (Fsp3) is 0.296. The topological polar surface area (TPSA) is 71.5 Å². The van der Waals surface area contributed by atoms with Gasteiger partial charge in [0.1, 0.15) is 5.82 Å². The summed E-state index contributed by atoms with van der Waals surface area (Å²) in [5.74, 6) is -1.50. The van der Waals surface area contributed by atoms with Gasteiger partial charge in [-0.3, -0.25) is 19.5 Å². The van der Waals surface area contributed by atoms with Crippen LogP contribution in [0.5, 0.6) is 0 Å². The summed E-state index contributed by atoms with van der Waals surface area (Å²) in [6.45, 7) is 1.49. The summed E-state index contributed by atoms with van der Waals surface area (Å²) in [6, 6.07) is 12.8. The molecular formula is C27H24Cl2FN3O3. The van der Waals surface area contributed by atoms with E-state index in [-0.39, 0.29) is 34.9 Å². The van der Waals surface area contributed by atoms with Crippen molar-refractivity contribution in [3.63, 3.8) is 0 Å². The van der Waals surface area contributed by atoms with Gasteiger partial charge < -0.3 is 10.1 Å². The van der Waals surface area contributed by atoms with Crippen molar-refractivity contribution < 1.29 is 18.7 Å². The highest BCUT2D eigenvalue weighted by Gasteiger charge is 2.54. The molecule has 5 rings (SSSR count). The minimum Gasteiger partial charge on any atom is -0.350 e. The highest BCUT2D eigenvalue weighted by Crippen LogP contribution is 2.47. The van der Waals surface area contributed by atoms with E-state index in [2.05, 4.69) is 10.3 Å². The molecule has 2 aliphatic heterocycles. The Balaban J connectivity index is 1.65. The molecule has 1 fully saturated rings. The van der Waals surface area contributed by atoms with E-state index >= 15 is 4.39 Å². The number of methoxy groups -OCH3 is 1. The zero-order chi connectivity index (χ0) is 25.4. The third kappa shape index (κ3) is 4.20. The number of piperidine rings is 1. The molecule has 0 unspecified atom stereocenters. The number of Topliss-reactive ketones (excluding diaryl/α,β-unsaturated/α-hetero) is 1. The first-order valence-corrected chi connectivity index (χ1v) is 12.4. The normalized spacial score (nSPS) is 20.0. The van der Waals surface area contributed by atoms with E-state index in [1.54, 1.807) is 36.4 Å². The van der Waals surface area contributed by atoms with Crippen LogP contribution in [0.25, 0.3) is 0 Å². The summed E-state index contributed by atoms with van der Waals surface area (Å²) in [7, 11) is 1.42. The van der Waals surface area contributed by atoms with Crippen molar-refractivity contribution in [2.45, 2.75) is 25.1 Å². The Kier molecular flexibility index (Phi) is 6.83. The number of carbonyl (C=O) groups is 2. The van der Waals surface area contributed by atoms with Gasteiger partial charge in [0.25, 0.3) is 5.91 Å². The smallest absolute Gasteiger partial charge is 0.257 e. The number of hydrogen-bond donors (Lipinski definition) is 1. The number of carbonyl (C=O) groups excluding carboxylic acids is 2. The van der Waals surface area contributed by atoms with Gasteiger partial charge >= 0.3 is 0 Å². The molecule has 0 bridgehead atoms. The molecule has 3 heterocycles. The molecular weight excluding hydrogens is 504 g/mol. The molecule has 3 aromatic rings. The van der Waals surface area contributed by atoms with Gasteiger partial charge in [-0.1, -0.05) is 35.3 Å². The Morgan fingerprint density at radius 1 is 1.14 bits per heavy atom. The predicted molar refractivity (Wildman–Crippen MR) is 135 cm³/mol. The van der Waals surface area contributed by atoms with E-state index < -0.39 is 17.4 Å². The lowest BCUT2D eigenvalue weighted by Gasteiger charge is -2.38. The van der Waals surface area contributed by atoms with Crippen LogP contribution in [0.2, 0.25) is 10.0 Å². The molecule has 186 valence electrons. The second-order valence-electron chi connectivity index (χ2n) is 8.98. The molecule has 36 heavy (non-hydrogen) atoms. The maximum absolute atomic E-state index is 16.0. The Morgan fingerprint density at radius 3 is 2.47 bits per heavy atom. The van der Waals surface area contributed by atoms with Crippen molar-refractivity contribution in [1.82, 2.24) is 15.2 Å². The molecule has 0 saturated carbocycles. The van der Waals surface area contributed by atoms with Crippen molar-refractivity contribution >= 4 is 34.9 Å². The maximum atomic E-state index is 16.0. The lowest BCUT2D eigenvalue weighted by atomic mass is 9.86. The Labute approximate surface area is 218 Å². The number of nitrogens with zero attached hydrogens (tertiary/aromatic N) is 2. The van der Waals surface area contributed by atoms with Crippen molar-refractivity contribution in [1.29, 1.82) is 0 Å². The van der Waals surface area contributed by atoms with Gasteiger partial charge in [0.05, 0.1) is 28.4 Å². The number of pyridine rings is 1. The third-order valence-electron chi connectivity index (χ3n) is 6.92. The first kappa shape index (κ1) is 24.8. The van der Waals surface area contributed by atoms with Crippen LogP contribution >= 0.6 is 23.2 Å². The standard InChI is InChI=1S/C27H24Cl2FN3O3/c1-36-27(18-2-4-19(28)5-3-18)24-22(26(35)33(27)15-21-7-6-20(29)14-32-21)12-17(13-23(24)30)25(34)16-8-10-31-11-9-16/h2-7,12-14,16,31H,8-11,15H2,1H3/t27-/m1/s1. The van der Waals surface area contributed by atoms with Gasteiger partial charge in [-0.2, -0.15) is 0 Å². The van der Waals surface area contributed by atoms with E-state index in [0.29, 0.717) is 34.1 Å². The molecule has 9 heteroatoms. The minimum atomic E-state index is -1.58. The first-order chi connectivity index (χ1) is 17.3. The Morgan fingerprint density at radius 2 is 1.83 bits per heavy atom. The number of benzene rings is 2. The van der Waals surface area contributed by atoms with Crippen LogP contribution in [0.4, 0.5) is 4.39 Å². The van der Waals surface area contributed by atoms with E-state index in [1.807, 2.05) is 0 Å². The number of amides is 1. The maximum Gasteiger partial charge on any atom is 0.257 e. The summed E-state index contributed by atoms with van der Waals surface area (Å²) in [5.41, 5.74) is -0.168. The highest BCUT2D eigenvalue weighted by atomic mass is 35.5. The van der Waals surface area contributed by atoms with Crippen molar-refractivity contribution in [3.8, 4) is 0 Å². The molecule has 0 spiro atoms. The average molecular weight is 528 g/mol. The van der Waals surface area contributed by atoms with Gasteiger partial charge in [-0.15, -0.1) is 0 Å². The zero-order valence-electron chi connectivity index (χ0n) is 19.6. The number of ether oxygens (including phenoxy) is 1. The highest BCUT2D eigenvalue weighted by molar-refractivity contribution is 6.30. The van der Waals surface area contributed by atoms with E-state index in [1.165, 1.54) is 30.3 Å². The average Bonchev–Trinajstić information content (AvgIpc) is 3.14. The number of halogens is 3. The quantitative estimate of drug-likeness (QED) is 0.445. The van der Waals surface area contributed by atoms with Crippen molar-refractivity contribution in [2.24, 2.45) is 5.92 Å². The molecule has 1 aromatic heterocycles. The van der Waals surface area contributed by atoms with Gasteiger partial charge in [-0.25, -0.2) is 4.39 Å². The van der Waals surface area contributed by atoms with E-state index in [9.17, 15) is 9.59 Å². The Hall–Kier alpha value is -2.84. The summed E-state index contributed by atoms with van der Waals surface area (Å²) in [6.07, 6.45) is 2.83. The van der Waals surface area contributed by atoms with E-state index in [4.69, 9.17) is 27.9 Å². The van der Waals surface area contributed by atoms with Gasteiger partial charge in [0, 0.05) is 35.4 Å². The van der Waals surface area contributed by atoms with Crippen LogP contribution in [0, 0.1) is 11.7 Å². The van der Waals surface area contributed by atoms with Gasteiger partial charge in [0.15, 0.2) is 11.5 Å². The van der Waals surface area contributed by atoms with Crippen LogP contribution < -0.4 is 5.32 Å². The summed E-state index contributed by atoms with van der Waals surface area (Å²) in [5, 5.41) is 4.17. The van der Waals surface area contributed by atoms with Crippen LogP contribution in [0.1, 0.15) is 50.4 Å². The largest absolute Gasteiger partial charge is 0.350 e. The summed E-state index contributed by atoms with van der Waals surface area (Å²) in [4.78, 5) is 32.8. The number of aromatic nitrogens is 1.